The Bertz CT molecular complexity index is 1120. The fraction of sp³-hybridized carbons (Fsp3) is 0.360. The van der Waals surface area contributed by atoms with Crippen molar-refractivity contribution in [2.75, 3.05) is 26.2 Å². The summed E-state index contributed by atoms with van der Waals surface area (Å²) in [5.41, 5.74) is 4.89. The number of benzene rings is 2. The van der Waals surface area contributed by atoms with Gasteiger partial charge in [0.1, 0.15) is 0 Å². The maximum atomic E-state index is 13.1. The van der Waals surface area contributed by atoms with Gasteiger partial charge < -0.3 is 15.5 Å². The van der Waals surface area contributed by atoms with Crippen LogP contribution in [0.15, 0.2) is 53.6 Å². The van der Waals surface area contributed by atoms with E-state index in [9.17, 15) is 22.8 Å². The summed E-state index contributed by atoms with van der Waals surface area (Å²) in [6.07, 6.45) is -3.86. The minimum absolute atomic E-state index is 0.102. The minimum atomic E-state index is -4.54. The Morgan fingerprint density at radius 2 is 1.91 bits per heavy atom. The number of alkyl halides is 3. The minimum Gasteiger partial charge on any atom is -0.343 e. The molecule has 0 aliphatic carbocycles. The van der Waals surface area contributed by atoms with E-state index in [4.69, 9.17) is 0 Å². The molecule has 0 fully saturated rings. The highest BCUT2D eigenvalue weighted by Crippen LogP contribution is 2.31. The first kappa shape index (κ1) is 23.0. The van der Waals surface area contributed by atoms with E-state index >= 15 is 0 Å². The first-order chi connectivity index (χ1) is 15.6. The molecule has 1 unspecified atom stereocenters. The van der Waals surface area contributed by atoms with Crippen LogP contribution < -0.4 is 10.6 Å². The predicted molar refractivity (Wildman–Crippen MR) is 119 cm³/mol. The molecular weight excluding hydrogens is 431 g/mol. The summed E-state index contributed by atoms with van der Waals surface area (Å²) in [5.74, 6) is -0.957. The van der Waals surface area contributed by atoms with Crippen LogP contribution in [0.1, 0.15) is 32.6 Å². The summed E-state index contributed by atoms with van der Waals surface area (Å²) in [5, 5.41) is 5.83. The SMILES string of the molecule is Cc1ccc(CC2C3=C(CNC3)CN2C(=O)CNC(=O)c2cccc(C(F)(F)F)c2)c(C)c1. The molecule has 8 heteroatoms. The maximum Gasteiger partial charge on any atom is 0.416 e. The van der Waals surface area contributed by atoms with Gasteiger partial charge in [0.25, 0.3) is 5.91 Å². The number of carbonyl (C=O) groups is 2. The number of aryl methyl sites for hydroxylation is 2. The fourth-order valence-corrected chi connectivity index (χ4v) is 4.58. The van der Waals surface area contributed by atoms with E-state index in [0.717, 1.165) is 30.8 Å². The van der Waals surface area contributed by atoms with E-state index in [2.05, 4.69) is 35.8 Å². The highest BCUT2D eigenvalue weighted by molar-refractivity contribution is 5.96. The van der Waals surface area contributed by atoms with Gasteiger partial charge in [-0.3, -0.25) is 9.59 Å². The number of hydrogen-bond donors (Lipinski definition) is 2. The Morgan fingerprint density at radius 3 is 2.64 bits per heavy atom. The van der Waals surface area contributed by atoms with Gasteiger partial charge in [0.05, 0.1) is 18.2 Å². The molecule has 174 valence electrons. The number of nitrogens with zero attached hydrogens (tertiary/aromatic N) is 1. The van der Waals surface area contributed by atoms with Crippen molar-refractivity contribution < 1.29 is 22.8 Å². The van der Waals surface area contributed by atoms with Crippen LogP contribution in [0.2, 0.25) is 0 Å². The highest BCUT2D eigenvalue weighted by atomic mass is 19.4. The smallest absolute Gasteiger partial charge is 0.343 e. The standard InChI is InChI=1S/C25H26F3N3O2/c1-15-6-7-17(16(2)8-15)10-22-21-12-29-11-19(21)14-31(22)23(32)13-30-24(33)18-4-3-5-20(9-18)25(26,27)28/h3-9,22,29H,10-14H2,1-2H3,(H,30,33). The molecule has 0 aromatic heterocycles. The lowest BCUT2D eigenvalue weighted by atomic mass is 9.95. The van der Waals surface area contributed by atoms with Gasteiger partial charge >= 0.3 is 6.18 Å². The molecule has 0 spiro atoms. The van der Waals surface area contributed by atoms with Gasteiger partial charge in [0.15, 0.2) is 0 Å². The lowest BCUT2D eigenvalue weighted by molar-refractivity contribution is -0.137. The molecule has 2 N–H and O–H groups in total. The molecule has 0 radical (unpaired) electrons. The van der Waals surface area contributed by atoms with Crippen molar-refractivity contribution >= 4 is 11.8 Å². The average Bonchev–Trinajstić information content (AvgIpc) is 3.35. The lowest BCUT2D eigenvalue weighted by Crippen LogP contribution is -2.46. The molecule has 0 bridgehead atoms. The zero-order valence-corrected chi connectivity index (χ0v) is 18.6. The summed E-state index contributed by atoms with van der Waals surface area (Å²) < 4.78 is 38.8. The van der Waals surface area contributed by atoms with Crippen LogP contribution in [0.3, 0.4) is 0 Å². The number of rotatable bonds is 5. The van der Waals surface area contributed by atoms with Crippen molar-refractivity contribution in [3.05, 3.63) is 81.4 Å². The van der Waals surface area contributed by atoms with Crippen LogP contribution >= 0.6 is 0 Å². The van der Waals surface area contributed by atoms with Crippen LogP contribution in [0.25, 0.3) is 0 Å². The third-order valence-corrected chi connectivity index (χ3v) is 6.33. The average molecular weight is 457 g/mol. The summed E-state index contributed by atoms with van der Waals surface area (Å²) in [6, 6.07) is 10.3. The molecule has 2 aromatic carbocycles. The molecular formula is C25H26F3N3O2. The quantitative estimate of drug-likeness (QED) is 0.677. The molecule has 0 saturated heterocycles. The maximum absolute atomic E-state index is 13.1. The topological polar surface area (TPSA) is 61.4 Å². The van der Waals surface area contributed by atoms with Crippen molar-refractivity contribution in [3.63, 3.8) is 0 Å². The fourth-order valence-electron chi connectivity index (χ4n) is 4.58. The molecule has 4 rings (SSSR count). The molecule has 2 aliphatic heterocycles. The van der Waals surface area contributed by atoms with Gasteiger partial charge in [0.2, 0.25) is 5.91 Å². The molecule has 1 atom stereocenters. The molecule has 2 heterocycles. The summed E-state index contributed by atoms with van der Waals surface area (Å²) in [4.78, 5) is 27.3. The van der Waals surface area contributed by atoms with Crippen LogP contribution in [-0.2, 0) is 17.4 Å². The van der Waals surface area contributed by atoms with Gasteiger partial charge in [-0.25, -0.2) is 0 Å². The Balaban J connectivity index is 1.45. The molecule has 2 aromatic rings. The van der Waals surface area contributed by atoms with Crippen molar-refractivity contribution in [2.24, 2.45) is 0 Å². The normalized spacial score (nSPS) is 18.0. The molecule has 5 nitrogen and oxygen atoms in total. The second kappa shape index (κ2) is 9.02. The monoisotopic (exact) mass is 457 g/mol. The Hall–Kier alpha value is -3.13. The molecule has 2 amide bonds. The van der Waals surface area contributed by atoms with E-state index in [0.29, 0.717) is 13.0 Å². The first-order valence-electron chi connectivity index (χ1n) is 10.9. The number of halogens is 3. The van der Waals surface area contributed by atoms with E-state index < -0.39 is 17.6 Å². The van der Waals surface area contributed by atoms with Gasteiger partial charge in [-0.15, -0.1) is 0 Å². The van der Waals surface area contributed by atoms with Gasteiger partial charge in [-0.05, 0) is 60.7 Å². The van der Waals surface area contributed by atoms with Crippen LogP contribution in [0.4, 0.5) is 13.2 Å². The largest absolute Gasteiger partial charge is 0.416 e. The first-order valence-corrected chi connectivity index (χ1v) is 10.9. The lowest BCUT2D eigenvalue weighted by Gasteiger charge is -2.29. The predicted octanol–water partition coefficient (Wildman–Crippen LogP) is 3.41. The van der Waals surface area contributed by atoms with Crippen molar-refractivity contribution in [1.82, 2.24) is 15.5 Å². The zero-order valence-electron chi connectivity index (χ0n) is 18.6. The number of nitrogens with one attached hydrogen (secondary N) is 2. The van der Waals surface area contributed by atoms with E-state index in [-0.39, 0.29) is 24.1 Å². The van der Waals surface area contributed by atoms with Gasteiger partial charge in [-0.1, -0.05) is 29.8 Å². The van der Waals surface area contributed by atoms with E-state index in [1.54, 1.807) is 4.90 Å². The number of carbonyl (C=O) groups excluding carboxylic acids is 2. The number of hydrogen-bond acceptors (Lipinski definition) is 3. The Kier molecular flexibility index (Phi) is 6.30. The second-order valence-corrected chi connectivity index (χ2v) is 8.67. The molecule has 2 aliphatic rings. The Labute approximate surface area is 190 Å². The molecule has 33 heavy (non-hydrogen) atoms. The van der Waals surface area contributed by atoms with Crippen LogP contribution in [0, 0.1) is 13.8 Å². The van der Waals surface area contributed by atoms with Crippen LogP contribution in [-0.4, -0.2) is 48.9 Å². The summed E-state index contributed by atoms with van der Waals surface area (Å²) in [6.45, 7) is 5.78. The van der Waals surface area contributed by atoms with E-state index in [1.165, 1.54) is 34.4 Å². The zero-order chi connectivity index (χ0) is 23.8. The molecule has 0 saturated carbocycles. The van der Waals surface area contributed by atoms with Gasteiger partial charge in [-0.2, -0.15) is 13.2 Å². The van der Waals surface area contributed by atoms with Crippen molar-refractivity contribution in [2.45, 2.75) is 32.5 Å². The second-order valence-electron chi connectivity index (χ2n) is 8.67. The van der Waals surface area contributed by atoms with Crippen LogP contribution in [0.5, 0.6) is 0 Å². The van der Waals surface area contributed by atoms with Crippen molar-refractivity contribution in [1.29, 1.82) is 0 Å². The third-order valence-electron chi connectivity index (χ3n) is 6.33. The highest BCUT2D eigenvalue weighted by Gasteiger charge is 2.37. The Morgan fingerprint density at radius 1 is 1.12 bits per heavy atom. The summed E-state index contributed by atoms with van der Waals surface area (Å²) in [7, 11) is 0. The number of amides is 2. The van der Waals surface area contributed by atoms with Crippen molar-refractivity contribution in [3.8, 4) is 0 Å². The summed E-state index contributed by atoms with van der Waals surface area (Å²) >= 11 is 0. The van der Waals surface area contributed by atoms with Gasteiger partial charge in [0, 0.05) is 25.2 Å². The van der Waals surface area contributed by atoms with E-state index in [1.807, 2.05) is 6.92 Å². The third kappa shape index (κ3) is 4.95.